The van der Waals surface area contributed by atoms with Crippen molar-refractivity contribution in [2.24, 2.45) is 17.0 Å². The summed E-state index contributed by atoms with van der Waals surface area (Å²) in [5.41, 5.74) is 1.46. The Balaban J connectivity index is 1.30. The lowest BCUT2D eigenvalue weighted by atomic mass is 9.68. The number of para-hydroxylation sites is 1. The largest absolute Gasteiger partial charge is 0.380 e. The molecule has 2 aliphatic heterocycles. The SMILES string of the molecule is O=Nc1ccccc1NC1CC2CCCC(C1)N2C1CC2CCCC(C2)C1. The van der Waals surface area contributed by atoms with Gasteiger partial charge in [-0.15, -0.1) is 4.91 Å². The monoisotopic (exact) mass is 367 g/mol. The molecule has 0 spiro atoms. The summed E-state index contributed by atoms with van der Waals surface area (Å²) >= 11 is 0. The number of hydrogen-bond acceptors (Lipinski definition) is 4. The molecule has 4 heteroatoms. The normalized spacial score (nSPS) is 39.0. The number of nitrogens with one attached hydrogen (secondary N) is 1. The summed E-state index contributed by atoms with van der Waals surface area (Å²) in [6, 6.07) is 10.5. The lowest BCUT2D eigenvalue weighted by molar-refractivity contribution is -0.0382. The van der Waals surface area contributed by atoms with Gasteiger partial charge in [-0.05, 0) is 74.1 Å². The summed E-state index contributed by atoms with van der Waals surface area (Å²) in [5, 5.41) is 6.88. The molecule has 2 heterocycles. The van der Waals surface area contributed by atoms with Crippen molar-refractivity contribution in [3.63, 3.8) is 0 Å². The summed E-state index contributed by atoms with van der Waals surface area (Å²) in [4.78, 5) is 14.1. The van der Waals surface area contributed by atoms with Crippen LogP contribution < -0.4 is 5.32 Å². The van der Waals surface area contributed by atoms with Crippen molar-refractivity contribution in [3.05, 3.63) is 29.2 Å². The van der Waals surface area contributed by atoms with Crippen molar-refractivity contribution >= 4 is 11.4 Å². The van der Waals surface area contributed by atoms with E-state index in [1.54, 1.807) is 0 Å². The highest BCUT2D eigenvalue weighted by Gasteiger charge is 2.44. The molecule has 0 radical (unpaired) electrons. The Kier molecular flexibility index (Phi) is 4.93. The van der Waals surface area contributed by atoms with Crippen LogP contribution in [0.5, 0.6) is 0 Å². The first-order chi connectivity index (χ1) is 13.3. The quantitative estimate of drug-likeness (QED) is 0.679. The van der Waals surface area contributed by atoms with Crippen LogP contribution in [0, 0.1) is 16.7 Å². The third-order valence-electron chi connectivity index (χ3n) is 7.92. The maximum Gasteiger partial charge on any atom is 0.131 e. The van der Waals surface area contributed by atoms with E-state index in [4.69, 9.17) is 0 Å². The van der Waals surface area contributed by atoms with Crippen LogP contribution in [0.2, 0.25) is 0 Å². The van der Waals surface area contributed by atoms with Crippen molar-refractivity contribution in [3.8, 4) is 0 Å². The van der Waals surface area contributed by atoms with Crippen molar-refractivity contribution in [2.75, 3.05) is 5.32 Å². The topological polar surface area (TPSA) is 44.7 Å². The van der Waals surface area contributed by atoms with Crippen molar-refractivity contribution in [1.82, 2.24) is 4.90 Å². The predicted molar refractivity (Wildman–Crippen MR) is 110 cm³/mol. The standard InChI is InChI=1S/C23H33N3O/c27-25-23-10-2-1-9-22(23)24-18-14-19-7-4-8-20(15-18)26(19)21-12-16-5-3-6-17(11-16)13-21/h1-2,9-10,16-21,24H,3-8,11-15H2. The second-order valence-corrected chi connectivity index (χ2v) is 9.63. The van der Waals surface area contributed by atoms with Crippen LogP contribution in [-0.2, 0) is 0 Å². The van der Waals surface area contributed by atoms with Crippen molar-refractivity contribution < 1.29 is 0 Å². The molecule has 4 aliphatic rings. The van der Waals surface area contributed by atoms with E-state index < -0.39 is 0 Å². The van der Waals surface area contributed by atoms with E-state index in [9.17, 15) is 4.91 Å². The minimum atomic E-state index is 0.475. The maximum atomic E-state index is 11.1. The fourth-order valence-corrected chi connectivity index (χ4v) is 6.97. The number of nitroso groups, excluding NO2 is 1. The van der Waals surface area contributed by atoms with E-state index in [-0.39, 0.29) is 0 Å². The van der Waals surface area contributed by atoms with Gasteiger partial charge in [0.05, 0.1) is 5.69 Å². The van der Waals surface area contributed by atoms with Gasteiger partial charge in [-0.1, -0.05) is 37.8 Å². The molecule has 0 amide bonds. The van der Waals surface area contributed by atoms with Crippen LogP contribution in [0.25, 0.3) is 0 Å². The van der Waals surface area contributed by atoms with E-state index in [1.807, 2.05) is 24.3 Å². The summed E-state index contributed by atoms with van der Waals surface area (Å²) in [6.45, 7) is 0. The van der Waals surface area contributed by atoms with E-state index in [0.29, 0.717) is 11.7 Å². The molecule has 2 saturated carbocycles. The molecular formula is C23H33N3O. The van der Waals surface area contributed by atoms with Gasteiger partial charge in [0.2, 0.25) is 0 Å². The average molecular weight is 368 g/mol. The molecule has 5 rings (SSSR count). The Bertz CT molecular complexity index is 651. The zero-order valence-corrected chi connectivity index (χ0v) is 16.4. The Morgan fingerprint density at radius 3 is 2.19 bits per heavy atom. The van der Waals surface area contributed by atoms with Gasteiger partial charge in [0.25, 0.3) is 0 Å². The van der Waals surface area contributed by atoms with E-state index in [2.05, 4.69) is 15.4 Å². The van der Waals surface area contributed by atoms with E-state index >= 15 is 0 Å². The van der Waals surface area contributed by atoms with Crippen LogP contribution in [0.3, 0.4) is 0 Å². The molecule has 4 fully saturated rings. The van der Waals surface area contributed by atoms with Gasteiger partial charge in [0.15, 0.2) is 0 Å². The molecule has 4 nitrogen and oxygen atoms in total. The number of piperidine rings is 2. The third-order valence-corrected chi connectivity index (χ3v) is 7.92. The van der Waals surface area contributed by atoms with Crippen LogP contribution >= 0.6 is 0 Å². The second kappa shape index (κ2) is 7.54. The fraction of sp³-hybridized carbons (Fsp3) is 0.739. The lowest BCUT2D eigenvalue weighted by Gasteiger charge is -2.55. The highest BCUT2D eigenvalue weighted by Crippen LogP contribution is 2.46. The molecule has 0 aromatic heterocycles. The Hall–Kier alpha value is -1.42. The summed E-state index contributed by atoms with van der Waals surface area (Å²) in [6.07, 6.45) is 15.4. The average Bonchev–Trinajstić information content (AvgIpc) is 2.67. The van der Waals surface area contributed by atoms with E-state index in [0.717, 1.165) is 35.6 Å². The molecule has 2 saturated heterocycles. The first-order valence-electron chi connectivity index (χ1n) is 11.3. The van der Waals surface area contributed by atoms with Crippen LogP contribution in [0.15, 0.2) is 29.4 Å². The number of nitrogens with zero attached hydrogens (tertiary/aromatic N) is 2. The number of anilines is 1. The predicted octanol–water partition coefficient (Wildman–Crippen LogP) is 5.85. The van der Waals surface area contributed by atoms with Gasteiger partial charge in [-0.25, -0.2) is 0 Å². The minimum absolute atomic E-state index is 0.475. The molecule has 4 bridgehead atoms. The van der Waals surface area contributed by atoms with Crippen LogP contribution in [0.1, 0.15) is 70.6 Å². The molecule has 4 atom stereocenters. The Morgan fingerprint density at radius 1 is 0.815 bits per heavy atom. The first kappa shape index (κ1) is 17.7. The zero-order chi connectivity index (χ0) is 18.2. The number of fused-ring (bicyclic) bond motifs is 4. The van der Waals surface area contributed by atoms with Gasteiger partial charge in [0.1, 0.15) is 5.69 Å². The third kappa shape index (κ3) is 3.53. The van der Waals surface area contributed by atoms with E-state index in [1.165, 1.54) is 70.6 Å². The van der Waals surface area contributed by atoms with Crippen LogP contribution in [-0.4, -0.2) is 29.1 Å². The molecule has 1 N–H and O–H groups in total. The second-order valence-electron chi connectivity index (χ2n) is 9.63. The first-order valence-corrected chi connectivity index (χ1v) is 11.3. The zero-order valence-electron chi connectivity index (χ0n) is 16.4. The molecule has 4 unspecified atom stereocenters. The summed E-state index contributed by atoms with van der Waals surface area (Å²) in [5.74, 6) is 2.01. The summed E-state index contributed by atoms with van der Waals surface area (Å²) < 4.78 is 0. The van der Waals surface area contributed by atoms with Gasteiger partial charge < -0.3 is 5.32 Å². The van der Waals surface area contributed by atoms with Crippen LogP contribution in [0.4, 0.5) is 11.4 Å². The van der Waals surface area contributed by atoms with Gasteiger partial charge in [-0.2, -0.15) is 0 Å². The molecule has 1 aromatic carbocycles. The molecule has 146 valence electrons. The highest BCUT2D eigenvalue weighted by atomic mass is 16.3. The Labute approximate surface area is 163 Å². The van der Waals surface area contributed by atoms with Gasteiger partial charge in [-0.3, -0.25) is 4.90 Å². The minimum Gasteiger partial charge on any atom is -0.380 e. The maximum absolute atomic E-state index is 11.1. The molecular weight excluding hydrogens is 334 g/mol. The number of hydrogen-bond donors (Lipinski definition) is 1. The lowest BCUT2D eigenvalue weighted by Crippen LogP contribution is -2.60. The van der Waals surface area contributed by atoms with Crippen molar-refractivity contribution in [1.29, 1.82) is 0 Å². The molecule has 2 aliphatic carbocycles. The van der Waals surface area contributed by atoms with Gasteiger partial charge in [0, 0.05) is 24.2 Å². The smallest absolute Gasteiger partial charge is 0.131 e. The molecule has 1 aromatic rings. The molecule has 27 heavy (non-hydrogen) atoms. The Morgan fingerprint density at radius 2 is 1.48 bits per heavy atom. The number of rotatable bonds is 4. The van der Waals surface area contributed by atoms with Crippen molar-refractivity contribution in [2.45, 2.75) is 94.8 Å². The number of benzene rings is 1. The van der Waals surface area contributed by atoms with Gasteiger partial charge >= 0.3 is 0 Å². The fourth-order valence-electron chi connectivity index (χ4n) is 6.97. The highest BCUT2D eigenvalue weighted by molar-refractivity contribution is 5.65. The summed E-state index contributed by atoms with van der Waals surface area (Å²) in [7, 11) is 0.